The Balaban J connectivity index is 1.74. The summed E-state index contributed by atoms with van der Waals surface area (Å²) < 4.78 is 27.5. The number of anilines is 1. The molecule has 3 rings (SSSR count). The zero-order valence-corrected chi connectivity index (χ0v) is 16.8. The molecule has 7 heteroatoms. The fourth-order valence-corrected chi connectivity index (χ4v) is 4.25. The highest BCUT2D eigenvalue weighted by molar-refractivity contribution is 7.92. The molecular weight excluding hydrogens is 417 g/mol. The molecule has 0 atom stereocenters. The quantitative estimate of drug-likeness (QED) is 0.402. The fraction of sp³-hybridized carbons (Fsp3) is 0. The minimum absolute atomic E-state index is 0.0646. The number of hydrogen-bond acceptors (Lipinski definition) is 3. The Morgan fingerprint density at radius 3 is 2.25 bits per heavy atom. The first-order chi connectivity index (χ1) is 13.3. The van der Waals surface area contributed by atoms with E-state index in [0.29, 0.717) is 11.3 Å². The molecule has 0 saturated heterocycles. The average Bonchev–Trinajstić information content (AvgIpc) is 2.69. The Kier molecular flexibility index (Phi) is 6.19. The smallest absolute Gasteiger partial charge is 0.263 e. The van der Waals surface area contributed by atoms with Gasteiger partial charge in [0, 0.05) is 16.3 Å². The number of rotatable bonds is 6. The highest BCUT2D eigenvalue weighted by Gasteiger charge is 2.18. The summed E-state index contributed by atoms with van der Waals surface area (Å²) in [5, 5.41) is 0.325. The van der Waals surface area contributed by atoms with Gasteiger partial charge < -0.3 is 0 Å². The summed E-state index contributed by atoms with van der Waals surface area (Å²) >= 11 is 11.8. The lowest BCUT2D eigenvalue weighted by Gasteiger charge is -2.10. The monoisotopic (exact) mass is 431 g/mol. The van der Waals surface area contributed by atoms with Crippen molar-refractivity contribution in [3.63, 3.8) is 0 Å². The SMILES string of the molecule is O=C(/C=C/c1ccccc1)c1ccc(NS(=O)(=O)c2cc(Cl)ccc2Cl)cc1. The third kappa shape index (κ3) is 5.01. The summed E-state index contributed by atoms with van der Waals surface area (Å²) in [6.45, 7) is 0. The van der Waals surface area contributed by atoms with E-state index in [1.165, 1.54) is 36.4 Å². The van der Waals surface area contributed by atoms with Gasteiger partial charge in [-0.2, -0.15) is 0 Å². The largest absolute Gasteiger partial charge is 0.289 e. The van der Waals surface area contributed by atoms with E-state index in [2.05, 4.69) is 4.72 Å². The van der Waals surface area contributed by atoms with Gasteiger partial charge in [-0.15, -0.1) is 0 Å². The molecule has 142 valence electrons. The standard InChI is InChI=1S/C21H15Cl2NO3S/c22-17-9-12-19(23)21(14-17)28(26,27)24-18-10-7-16(8-11-18)20(25)13-6-15-4-2-1-3-5-15/h1-14,24H/b13-6+. The maximum atomic E-state index is 12.5. The third-order valence-corrected chi connectivity index (χ3v) is 5.93. The van der Waals surface area contributed by atoms with Gasteiger partial charge in [0.1, 0.15) is 4.90 Å². The molecule has 0 amide bonds. The first-order valence-electron chi connectivity index (χ1n) is 8.20. The Labute approximate surface area is 173 Å². The number of carbonyl (C=O) groups excluding carboxylic acids is 1. The van der Waals surface area contributed by atoms with Gasteiger partial charge in [0.2, 0.25) is 0 Å². The number of allylic oxidation sites excluding steroid dienone is 1. The number of hydrogen-bond donors (Lipinski definition) is 1. The Morgan fingerprint density at radius 2 is 1.57 bits per heavy atom. The van der Waals surface area contributed by atoms with E-state index in [1.54, 1.807) is 18.2 Å². The van der Waals surface area contributed by atoms with Gasteiger partial charge >= 0.3 is 0 Å². The molecule has 4 nitrogen and oxygen atoms in total. The summed E-state index contributed by atoms with van der Waals surface area (Å²) in [5.74, 6) is -0.184. The van der Waals surface area contributed by atoms with Crippen LogP contribution in [0.5, 0.6) is 0 Å². The molecule has 0 aliphatic carbocycles. The van der Waals surface area contributed by atoms with Crippen molar-refractivity contribution in [2.24, 2.45) is 0 Å². The number of ketones is 1. The summed E-state index contributed by atoms with van der Waals surface area (Å²) in [7, 11) is -3.91. The highest BCUT2D eigenvalue weighted by Crippen LogP contribution is 2.27. The molecule has 28 heavy (non-hydrogen) atoms. The Hall–Kier alpha value is -2.60. The maximum absolute atomic E-state index is 12.5. The predicted octanol–water partition coefficient (Wildman–Crippen LogP) is 5.69. The van der Waals surface area contributed by atoms with Crippen molar-refractivity contribution in [1.29, 1.82) is 0 Å². The van der Waals surface area contributed by atoms with E-state index in [1.807, 2.05) is 30.3 Å². The molecule has 0 radical (unpaired) electrons. The third-order valence-electron chi connectivity index (χ3n) is 3.83. The lowest BCUT2D eigenvalue weighted by molar-refractivity contribution is 0.104. The minimum atomic E-state index is -3.91. The number of sulfonamides is 1. The molecule has 0 fully saturated rings. The van der Waals surface area contributed by atoms with Crippen LogP contribution in [0.2, 0.25) is 10.0 Å². The van der Waals surface area contributed by atoms with Crippen LogP contribution in [-0.2, 0) is 10.0 Å². The molecule has 0 spiro atoms. The predicted molar refractivity (Wildman–Crippen MR) is 114 cm³/mol. The van der Waals surface area contributed by atoms with Crippen molar-refractivity contribution in [3.8, 4) is 0 Å². The zero-order valence-electron chi connectivity index (χ0n) is 14.5. The second-order valence-electron chi connectivity index (χ2n) is 5.87. The van der Waals surface area contributed by atoms with Crippen molar-refractivity contribution in [1.82, 2.24) is 0 Å². The van der Waals surface area contributed by atoms with Gasteiger partial charge in [-0.05, 0) is 54.1 Å². The van der Waals surface area contributed by atoms with Crippen LogP contribution in [0.15, 0.2) is 83.8 Å². The first kappa shape index (κ1) is 20.1. The summed E-state index contributed by atoms with van der Waals surface area (Å²) in [6.07, 6.45) is 3.19. The van der Waals surface area contributed by atoms with E-state index in [4.69, 9.17) is 23.2 Å². The lowest BCUT2D eigenvalue weighted by Crippen LogP contribution is -2.13. The number of carbonyl (C=O) groups is 1. The van der Waals surface area contributed by atoms with Gasteiger partial charge in [-0.3, -0.25) is 9.52 Å². The van der Waals surface area contributed by atoms with Gasteiger partial charge in [0.25, 0.3) is 10.0 Å². The van der Waals surface area contributed by atoms with Gasteiger partial charge in [-0.25, -0.2) is 8.42 Å². The van der Waals surface area contributed by atoms with E-state index < -0.39 is 10.0 Å². The summed E-state index contributed by atoms with van der Waals surface area (Å²) in [6, 6.07) is 19.8. The molecule has 3 aromatic rings. The van der Waals surface area contributed by atoms with Crippen molar-refractivity contribution < 1.29 is 13.2 Å². The molecule has 0 unspecified atom stereocenters. The van der Waals surface area contributed by atoms with Crippen LogP contribution in [0.3, 0.4) is 0 Å². The number of benzene rings is 3. The van der Waals surface area contributed by atoms with Crippen molar-refractivity contribution in [2.75, 3.05) is 4.72 Å². The molecule has 1 N–H and O–H groups in total. The zero-order chi connectivity index (χ0) is 20.1. The molecule has 0 aliphatic heterocycles. The lowest BCUT2D eigenvalue weighted by atomic mass is 10.1. The normalized spacial score (nSPS) is 11.5. The molecule has 0 aromatic heterocycles. The fourth-order valence-electron chi connectivity index (χ4n) is 2.43. The molecule has 0 aliphatic rings. The molecular formula is C21H15Cl2NO3S. The highest BCUT2D eigenvalue weighted by atomic mass is 35.5. The van der Waals surface area contributed by atoms with Crippen LogP contribution in [0.4, 0.5) is 5.69 Å². The Bertz CT molecular complexity index is 1130. The number of halogens is 2. The molecule has 0 bridgehead atoms. The second-order valence-corrected chi connectivity index (χ2v) is 8.36. The van der Waals surface area contributed by atoms with Crippen molar-refractivity contribution in [3.05, 3.63) is 100 Å². The second kappa shape index (κ2) is 8.61. The number of nitrogens with one attached hydrogen (secondary N) is 1. The van der Waals surface area contributed by atoms with E-state index >= 15 is 0 Å². The molecule has 0 heterocycles. The molecule has 0 saturated carbocycles. The summed E-state index contributed by atoms with van der Waals surface area (Å²) in [4.78, 5) is 12.1. The van der Waals surface area contributed by atoms with Crippen LogP contribution in [0.1, 0.15) is 15.9 Å². The van der Waals surface area contributed by atoms with E-state index in [-0.39, 0.29) is 20.7 Å². The van der Waals surface area contributed by atoms with Crippen LogP contribution in [0.25, 0.3) is 6.08 Å². The van der Waals surface area contributed by atoms with Crippen LogP contribution >= 0.6 is 23.2 Å². The average molecular weight is 432 g/mol. The first-order valence-corrected chi connectivity index (χ1v) is 10.4. The summed E-state index contributed by atoms with van der Waals surface area (Å²) in [5.41, 5.74) is 1.66. The van der Waals surface area contributed by atoms with Gasteiger partial charge in [-0.1, -0.05) is 59.6 Å². The Morgan fingerprint density at radius 1 is 0.893 bits per heavy atom. The van der Waals surface area contributed by atoms with Crippen molar-refractivity contribution >= 4 is 50.8 Å². The minimum Gasteiger partial charge on any atom is -0.289 e. The van der Waals surface area contributed by atoms with E-state index in [0.717, 1.165) is 5.56 Å². The van der Waals surface area contributed by atoms with Gasteiger partial charge in [0.05, 0.1) is 5.02 Å². The van der Waals surface area contributed by atoms with Gasteiger partial charge in [0.15, 0.2) is 5.78 Å². The maximum Gasteiger partial charge on any atom is 0.263 e. The van der Waals surface area contributed by atoms with E-state index in [9.17, 15) is 13.2 Å². The van der Waals surface area contributed by atoms with Crippen LogP contribution in [0, 0.1) is 0 Å². The van der Waals surface area contributed by atoms with Crippen LogP contribution in [-0.4, -0.2) is 14.2 Å². The topological polar surface area (TPSA) is 63.2 Å². The molecule has 3 aromatic carbocycles. The van der Waals surface area contributed by atoms with Crippen LogP contribution < -0.4 is 4.72 Å². The van der Waals surface area contributed by atoms with Crippen molar-refractivity contribution in [2.45, 2.75) is 4.90 Å².